The molecule has 3 aliphatic rings. The van der Waals surface area contributed by atoms with Crippen molar-refractivity contribution in [3.63, 3.8) is 0 Å². The zero-order chi connectivity index (χ0) is 39.1. The van der Waals surface area contributed by atoms with E-state index in [1.165, 1.54) is 42.2 Å². The Morgan fingerprint density at radius 3 is 2.38 bits per heavy atom. The highest BCUT2D eigenvalue weighted by Crippen LogP contribution is 2.37. The fraction of sp³-hybridized carbons (Fsp3) is 0.457. The largest absolute Gasteiger partial charge is 0.544 e. The molecule has 3 fully saturated rings. The zero-order valence-electron chi connectivity index (χ0n) is 29.7. The van der Waals surface area contributed by atoms with Crippen molar-refractivity contribution in [1.82, 2.24) is 39.4 Å². The van der Waals surface area contributed by atoms with Crippen molar-refractivity contribution in [3.05, 3.63) is 64.3 Å². The number of carbonyl (C=O) groups excluding carboxylic acids is 4. The maximum atomic E-state index is 14.0. The first-order chi connectivity index (χ1) is 26.2. The molecule has 0 radical (unpaired) electrons. The number of piperazine rings is 1. The number of amides is 3. The van der Waals surface area contributed by atoms with Gasteiger partial charge in [-0.1, -0.05) is 11.6 Å². The summed E-state index contributed by atoms with van der Waals surface area (Å²) in [5.41, 5.74) is -0.996. The lowest BCUT2D eigenvalue weighted by Crippen LogP contribution is -2.63. The van der Waals surface area contributed by atoms with E-state index in [0.717, 1.165) is 41.8 Å². The van der Waals surface area contributed by atoms with E-state index < -0.39 is 23.7 Å². The van der Waals surface area contributed by atoms with Crippen molar-refractivity contribution >= 4 is 52.3 Å². The van der Waals surface area contributed by atoms with Gasteiger partial charge in [-0.2, -0.15) is 18.3 Å². The summed E-state index contributed by atoms with van der Waals surface area (Å²) in [5, 5.41) is 23.0. The van der Waals surface area contributed by atoms with Gasteiger partial charge < -0.3 is 39.4 Å². The minimum absolute atomic E-state index is 0.00625. The van der Waals surface area contributed by atoms with Crippen LogP contribution in [0, 0.1) is 11.8 Å². The average Bonchev–Trinajstić information content (AvgIpc) is 3.90. The number of carboxylic acids is 1. The molecule has 7 rings (SSSR count). The first-order valence-electron chi connectivity index (χ1n) is 17.7. The SMILES string of the molecule is Cn1c(-c2cn(-c3nccs3)nc2C(F)(F)F)cnc1C(=O)Nc1ccc(C(=O)N2CCN(C(=O)C3CC[N+](CC(=O)[O-])(CC4CNC4)CC3)CC2)c(Cl)c1. The molecule has 6 heterocycles. The van der Waals surface area contributed by atoms with Gasteiger partial charge in [-0.3, -0.25) is 14.4 Å². The van der Waals surface area contributed by atoms with Gasteiger partial charge in [0.1, 0.15) is 6.54 Å². The van der Waals surface area contributed by atoms with E-state index in [0.29, 0.717) is 62.5 Å². The van der Waals surface area contributed by atoms with Crippen molar-refractivity contribution < 1.29 is 41.9 Å². The lowest BCUT2D eigenvalue weighted by atomic mass is 9.90. The highest BCUT2D eigenvalue weighted by molar-refractivity contribution is 7.12. The Hall–Kier alpha value is -4.85. The Balaban J connectivity index is 0.947. The Labute approximate surface area is 322 Å². The van der Waals surface area contributed by atoms with Gasteiger partial charge in [0.2, 0.25) is 11.0 Å². The van der Waals surface area contributed by atoms with Crippen LogP contribution in [0.4, 0.5) is 18.9 Å². The number of aliphatic carboxylic acids is 1. The van der Waals surface area contributed by atoms with Crippen LogP contribution < -0.4 is 15.7 Å². The number of aromatic nitrogens is 5. The molecule has 0 spiro atoms. The van der Waals surface area contributed by atoms with Gasteiger partial charge in [0.25, 0.3) is 11.8 Å². The summed E-state index contributed by atoms with van der Waals surface area (Å²) in [6.45, 7) is 4.99. The number of carboxylic acid groups (broad SMARTS) is 1. The number of halogens is 4. The van der Waals surface area contributed by atoms with Crippen LogP contribution >= 0.6 is 22.9 Å². The molecular formula is C35H38ClF3N10O5S. The third-order valence-electron chi connectivity index (χ3n) is 10.6. The second-order valence-corrected chi connectivity index (χ2v) is 15.5. The number of alkyl halides is 3. The highest BCUT2D eigenvalue weighted by atomic mass is 35.5. The molecule has 3 aromatic heterocycles. The molecule has 3 aliphatic heterocycles. The van der Waals surface area contributed by atoms with Crippen LogP contribution in [-0.2, 0) is 22.8 Å². The van der Waals surface area contributed by atoms with Crippen LogP contribution in [0.2, 0.25) is 5.02 Å². The molecular weight excluding hydrogens is 765 g/mol. The molecule has 3 amide bonds. The summed E-state index contributed by atoms with van der Waals surface area (Å²) in [7, 11) is 1.41. The van der Waals surface area contributed by atoms with Gasteiger partial charge in [0, 0.05) is 94.5 Å². The number of hydrogen-bond acceptors (Lipinski definition) is 10. The molecule has 0 aliphatic carbocycles. The smallest absolute Gasteiger partial charge is 0.435 e. The first-order valence-corrected chi connectivity index (χ1v) is 19.0. The predicted octanol–water partition coefficient (Wildman–Crippen LogP) is 2.13. The number of rotatable bonds is 10. The second-order valence-electron chi connectivity index (χ2n) is 14.2. The van der Waals surface area contributed by atoms with Crippen LogP contribution in [0.25, 0.3) is 16.4 Å². The van der Waals surface area contributed by atoms with Gasteiger partial charge in [-0.15, -0.1) is 11.3 Å². The topological polar surface area (TPSA) is 170 Å². The van der Waals surface area contributed by atoms with E-state index in [2.05, 4.69) is 25.7 Å². The molecule has 0 bridgehead atoms. The Kier molecular flexibility index (Phi) is 10.7. The average molecular weight is 803 g/mol. The van der Waals surface area contributed by atoms with Crippen LogP contribution in [0.1, 0.15) is 39.5 Å². The molecule has 20 heteroatoms. The van der Waals surface area contributed by atoms with Crippen molar-refractivity contribution in [1.29, 1.82) is 0 Å². The number of quaternary nitrogens is 1. The number of benzene rings is 1. The minimum atomic E-state index is -4.79. The maximum Gasteiger partial charge on any atom is 0.435 e. The maximum absolute atomic E-state index is 14.0. The summed E-state index contributed by atoms with van der Waals surface area (Å²) in [6, 6.07) is 4.37. The Morgan fingerprint density at radius 2 is 1.78 bits per heavy atom. The third kappa shape index (κ3) is 8.10. The third-order valence-corrected chi connectivity index (χ3v) is 11.7. The zero-order valence-corrected chi connectivity index (χ0v) is 31.3. The predicted molar refractivity (Wildman–Crippen MR) is 192 cm³/mol. The van der Waals surface area contributed by atoms with Gasteiger partial charge in [-0.25, -0.2) is 14.6 Å². The molecule has 0 saturated carbocycles. The normalized spacial score (nSPS) is 20.6. The number of nitrogens with one attached hydrogen (secondary N) is 2. The highest BCUT2D eigenvalue weighted by Gasteiger charge is 2.42. The lowest BCUT2D eigenvalue weighted by Gasteiger charge is -2.47. The molecule has 3 saturated heterocycles. The van der Waals surface area contributed by atoms with Crippen molar-refractivity contribution in [2.75, 3.05) is 70.8 Å². The summed E-state index contributed by atoms with van der Waals surface area (Å²) >= 11 is 7.63. The van der Waals surface area contributed by atoms with Gasteiger partial charge >= 0.3 is 6.18 Å². The minimum Gasteiger partial charge on any atom is -0.544 e. The standard InChI is InChI=1S/C35H38ClF3N10O5S/c1-45-27(25-18-48(34-41-6-13-55-34)44-29(25)35(37,38)39)17-42-30(45)31(52)43-23-2-3-24(26(36)14-23)33(54)47-9-7-46(8-10-47)32(53)22-4-11-49(12-5-22,20-28(50)51)19-21-15-40-16-21/h2-3,6,13-14,17-18,21-22,40H,4-5,7-12,15-16,19-20H2,1H3,(H-,43,50,51,52,54). The number of nitrogens with zero attached hydrogens (tertiary/aromatic N) is 8. The summed E-state index contributed by atoms with van der Waals surface area (Å²) < 4.78 is 44.6. The first kappa shape index (κ1) is 38.4. The number of hydrogen-bond donors (Lipinski definition) is 2. The van der Waals surface area contributed by atoms with Crippen molar-refractivity contribution in [2.45, 2.75) is 19.0 Å². The Bertz CT molecular complexity index is 2090. The number of piperidine rings is 1. The van der Waals surface area contributed by atoms with Gasteiger partial charge in [0.15, 0.2) is 11.5 Å². The van der Waals surface area contributed by atoms with E-state index in [4.69, 9.17) is 11.6 Å². The van der Waals surface area contributed by atoms with Crippen LogP contribution in [0.5, 0.6) is 0 Å². The molecule has 0 atom stereocenters. The molecule has 4 aromatic rings. The van der Waals surface area contributed by atoms with Crippen molar-refractivity contribution in [2.24, 2.45) is 18.9 Å². The fourth-order valence-corrected chi connectivity index (χ4v) is 8.48. The summed E-state index contributed by atoms with van der Waals surface area (Å²) in [4.78, 5) is 63.2. The monoisotopic (exact) mass is 802 g/mol. The van der Waals surface area contributed by atoms with Crippen LogP contribution in [0.3, 0.4) is 0 Å². The van der Waals surface area contributed by atoms with E-state index in [-0.39, 0.29) is 62.8 Å². The quantitative estimate of drug-likeness (QED) is 0.228. The van der Waals surface area contributed by atoms with Crippen LogP contribution in [-0.4, -0.2) is 128 Å². The Morgan fingerprint density at radius 1 is 1.07 bits per heavy atom. The molecule has 15 nitrogen and oxygen atoms in total. The molecule has 2 N–H and O–H groups in total. The van der Waals surface area contributed by atoms with E-state index >= 15 is 0 Å². The summed E-state index contributed by atoms with van der Waals surface area (Å²) in [5.74, 6) is -2.05. The van der Waals surface area contributed by atoms with E-state index in [1.54, 1.807) is 15.2 Å². The molecule has 1 aromatic carbocycles. The molecule has 292 valence electrons. The molecule has 0 unspecified atom stereocenters. The van der Waals surface area contributed by atoms with Gasteiger partial charge in [0.05, 0.1) is 53.6 Å². The number of thiazole rings is 1. The second kappa shape index (κ2) is 15.4. The van der Waals surface area contributed by atoms with Gasteiger partial charge in [-0.05, 0) is 18.2 Å². The van der Waals surface area contributed by atoms with E-state index in [1.807, 2.05) is 0 Å². The molecule has 55 heavy (non-hydrogen) atoms. The van der Waals surface area contributed by atoms with Crippen molar-refractivity contribution in [3.8, 4) is 16.4 Å². The van der Waals surface area contributed by atoms with Crippen LogP contribution in [0.15, 0.2) is 42.2 Å². The number of likely N-dealkylation sites (tertiary alicyclic amines) is 1. The number of imidazole rings is 1. The lowest BCUT2D eigenvalue weighted by molar-refractivity contribution is -0.931. The number of anilines is 1. The summed E-state index contributed by atoms with van der Waals surface area (Å²) in [6.07, 6.45) is 0.206. The fourth-order valence-electron chi connectivity index (χ4n) is 7.65. The van der Waals surface area contributed by atoms with E-state index in [9.17, 15) is 37.5 Å². The number of carbonyl (C=O) groups is 4.